The maximum Gasteiger partial charge on any atom is 0.273 e. The second kappa shape index (κ2) is 6.53. The van der Waals surface area contributed by atoms with Crippen molar-refractivity contribution in [2.24, 2.45) is 0 Å². The molecule has 0 aliphatic carbocycles. The van der Waals surface area contributed by atoms with Gasteiger partial charge in [-0.2, -0.15) is 0 Å². The van der Waals surface area contributed by atoms with Gasteiger partial charge in [0.15, 0.2) is 0 Å². The predicted molar refractivity (Wildman–Crippen MR) is 72.9 cm³/mol. The van der Waals surface area contributed by atoms with Crippen molar-refractivity contribution < 1.29 is 9.66 Å². The molecule has 6 nitrogen and oxygen atoms in total. The second-order valence-corrected chi connectivity index (χ2v) is 3.54. The molecule has 0 bridgehead atoms. The molecule has 0 aliphatic rings. The molecule has 0 spiro atoms. The minimum atomic E-state index is -0.453. The van der Waals surface area contributed by atoms with Crippen LogP contribution in [0.4, 0.5) is 5.69 Å². The Kier molecular flexibility index (Phi) is 5.05. The van der Waals surface area contributed by atoms with Crippen LogP contribution in [0.25, 0.3) is 5.69 Å². The lowest BCUT2D eigenvalue weighted by Crippen LogP contribution is -1.97. The van der Waals surface area contributed by atoms with Crippen molar-refractivity contribution in [1.29, 1.82) is 0 Å². The summed E-state index contributed by atoms with van der Waals surface area (Å²) in [5.41, 5.74) is 1.59. The van der Waals surface area contributed by atoms with Gasteiger partial charge in [-0.3, -0.25) is 10.1 Å². The van der Waals surface area contributed by atoms with Crippen LogP contribution in [0.5, 0.6) is 5.75 Å². The Morgan fingerprint density at radius 3 is 2.53 bits per heavy atom. The fraction of sp³-hybridized carbons (Fsp3) is 0.308. The summed E-state index contributed by atoms with van der Waals surface area (Å²) < 4.78 is 6.91. The molecule has 19 heavy (non-hydrogen) atoms. The maximum absolute atomic E-state index is 10.7. The summed E-state index contributed by atoms with van der Waals surface area (Å²) >= 11 is 0. The first-order valence-electron chi connectivity index (χ1n) is 5.95. The Bertz CT molecular complexity index is 564. The highest BCUT2D eigenvalue weighted by Crippen LogP contribution is 2.27. The highest BCUT2D eigenvalue weighted by molar-refractivity contribution is 5.53. The third kappa shape index (κ3) is 3.31. The number of rotatable bonds is 3. The number of ether oxygens (including phenoxy) is 1. The summed E-state index contributed by atoms with van der Waals surface area (Å²) in [5.74, 6) is 0.441. The molecule has 0 atom stereocenters. The average Bonchev–Trinajstić information content (AvgIpc) is 2.86. The number of nitro groups is 1. The Balaban J connectivity index is 0.000000861. The van der Waals surface area contributed by atoms with Crippen LogP contribution in [0.1, 0.15) is 19.5 Å². The minimum Gasteiger partial charge on any atom is -0.494 e. The largest absolute Gasteiger partial charge is 0.494 e. The zero-order chi connectivity index (χ0) is 14.4. The fourth-order valence-electron chi connectivity index (χ4n) is 1.55. The van der Waals surface area contributed by atoms with E-state index in [0.717, 1.165) is 11.4 Å². The number of non-ortho nitro benzene ring substituents is 1. The monoisotopic (exact) mass is 263 g/mol. The summed E-state index contributed by atoms with van der Waals surface area (Å²) in [7, 11) is 1.48. The lowest BCUT2D eigenvalue weighted by molar-refractivity contribution is -0.384. The van der Waals surface area contributed by atoms with Crippen molar-refractivity contribution in [2.45, 2.75) is 20.8 Å². The van der Waals surface area contributed by atoms with E-state index in [9.17, 15) is 10.1 Å². The van der Waals surface area contributed by atoms with Gasteiger partial charge in [0.2, 0.25) is 0 Å². The first-order valence-corrected chi connectivity index (χ1v) is 5.95. The molecule has 0 radical (unpaired) electrons. The molecular formula is C13H17N3O3. The summed E-state index contributed by atoms with van der Waals surface area (Å²) in [6.45, 7) is 5.87. The molecule has 0 N–H and O–H groups in total. The van der Waals surface area contributed by atoms with Crippen molar-refractivity contribution in [2.75, 3.05) is 7.11 Å². The van der Waals surface area contributed by atoms with Crippen molar-refractivity contribution >= 4 is 5.69 Å². The van der Waals surface area contributed by atoms with E-state index in [1.807, 2.05) is 27.0 Å². The number of methoxy groups -OCH3 is 1. The third-order valence-electron chi connectivity index (χ3n) is 2.36. The normalized spacial score (nSPS) is 9.47. The van der Waals surface area contributed by atoms with Gasteiger partial charge in [0.05, 0.1) is 35.8 Å². The van der Waals surface area contributed by atoms with Crippen LogP contribution in [0, 0.1) is 17.0 Å². The van der Waals surface area contributed by atoms with Crippen molar-refractivity contribution in [3.8, 4) is 11.4 Å². The molecule has 1 heterocycles. The number of hydrogen-bond acceptors (Lipinski definition) is 4. The second-order valence-electron chi connectivity index (χ2n) is 3.54. The topological polar surface area (TPSA) is 70.2 Å². The third-order valence-corrected chi connectivity index (χ3v) is 2.36. The number of benzene rings is 1. The number of nitro benzene ring substituents is 1. The summed E-state index contributed by atoms with van der Waals surface area (Å²) in [6.07, 6.45) is 3.46. The summed E-state index contributed by atoms with van der Waals surface area (Å²) in [6, 6.07) is 4.47. The highest BCUT2D eigenvalue weighted by Gasteiger charge is 2.12. The number of aromatic nitrogens is 2. The van der Waals surface area contributed by atoms with Gasteiger partial charge < -0.3 is 9.30 Å². The van der Waals surface area contributed by atoms with E-state index in [1.165, 1.54) is 19.2 Å². The lowest BCUT2D eigenvalue weighted by atomic mass is 10.2. The van der Waals surface area contributed by atoms with Crippen LogP contribution in [0.15, 0.2) is 30.7 Å². The molecule has 0 saturated carbocycles. The number of hydrogen-bond donors (Lipinski definition) is 0. The van der Waals surface area contributed by atoms with Gasteiger partial charge in [-0.1, -0.05) is 13.8 Å². The average molecular weight is 263 g/mol. The van der Waals surface area contributed by atoms with Crippen LogP contribution < -0.4 is 4.74 Å². The molecule has 0 amide bonds. The fourth-order valence-corrected chi connectivity index (χ4v) is 1.55. The molecule has 0 saturated heterocycles. The van der Waals surface area contributed by atoms with Crippen LogP contribution in [-0.4, -0.2) is 21.6 Å². The number of imidazole rings is 1. The van der Waals surface area contributed by atoms with Crippen molar-refractivity contribution in [3.05, 3.63) is 46.5 Å². The molecule has 2 rings (SSSR count). The predicted octanol–water partition coefficient (Wildman–Crippen LogP) is 3.12. The Morgan fingerprint density at radius 1 is 1.37 bits per heavy atom. The van der Waals surface area contributed by atoms with Crippen molar-refractivity contribution in [3.63, 3.8) is 0 Å². The molecule has 1 aromatic carbocycles. The number of aryl methyl sites for hydroxylation is 1. The molecular weight excluding hydrogens is 246 g/mol. The van der Waals surface area contributed by atoms with E-state index in [-0.39, 0.29) is 5.69 Å². The van der Waals surface area contributed by atoms with E-state index in [4.69, 9.17) is 4.74 Å². The van der Waals surface area contributed by atoms with Gasteiger partial charge in [0.25, 0.3) is 5.69 Å². The van der Waals surface area contributed by atoms with Gasteiger partial charge in [0, 0.05) is 12.3 Å². The first-order chi connectivity index (χ1) is 9.11. The molecule has 1 aromatic heterocycles. The van der Waals surface area contributed by atoms with Gasteiger partial charge in [-0.05, 0) is 13.0 Å². The quantitative estimate of drug-likeness (QED) is 0.630. The van der Waals surface area contributed by atoms with Crippen LogP contribution in [0.3, 0.4) is 0 Å². The SMILES string of the molecule is CC.COc1cc([N+](=O)[O-])ccc1-n1cnc(C)c1. The van der Waals surface area contributed by atoms with Crippen LogP contribution in [0.2, 0.25) is 0 Å². The Labute approximate surface area is 111 Å². The minimum absolute atomic E-state index is 0.00226. The van der Waals surface area contributed by atoms with E-state index in [0.29, 0.717) is 5.75 Å². The maximum atomic E-state index is 10.7. The Hall–Kier alpha value is -2.37. The smallest absolute Gasteiger partial charge is 0.273 e. The molecule has 102 valence electrons. The van der Waals surface area contributed by atoms with Crippen LogP contribution >= 0.6 is 0 Å². The van der Waals surface area contributed by atoms with Gasteiger partial charge in [-0.15, -0.1) is 0 Å². The van der Waals surface area contributed by atoms with E-state index >= 15 is 0 Å². The standard InChI is InChI=1S/C11H11N3O3.C2H6/c1-8-6-13(7-12-8)10-4-3-9(14(15)16)5-11(10)17-2;1-2/h3-7H,1-2H3;1-2H3. The zero-order valence-corrected chi connectivity index (χ0v) is 11.5. The van der Waals surface area contributed by atoms with E-state index < -0.39 is 4.92 Å². The molecule has 0 aliphatic heterocycles. The molecule has 2 aromatic rings. The van der Waals surface area contributed by atoms with Gasteiger partial charge in [-0.25, -0.2) is 4.98 Å². The highest BCUT2D eigenvalue weighted by atomic mass is 16.6. The Morgan fingerprint density at radius 2 is 2.05 bits per heavy atom. The van der Waals surface area contributed by atoms with E-state index in [2.05, 4.69) is 4.98 Å². The summed E-state index contributed by atoms with van der Waals surface area (Å²) in [4.78, 5) is 14.3. The van der Waals surface area contributed by atoms with Crippen LogP contribution in [-0.2, 0) is 0 Å². The zero-order valence-electron chi connectivity index (χ0n) is 11.5. The molecule has 6 heteroatoms. The summed E-state index contributed by atoms with van der Waals surface area (Å²) in [5, 5.41) is 10.7. The van der Waals surface area contributed by atoms with E-state index in [1.54, 1.807) is 17.0 Å². The number of nitrogens with zero attached hydrogens (tertiary/aromatic N) is 3. The molecule has 0 unspecified atom stereocenters. The first kappa shape index (κ1) is 14.7. The molecule has 0 fully saturated rings. The van der Waals surface area contributed by atoms with Gasteiger partial charge >= 0.3 is 0 Å². The van der Waals surface area contributed by atoms with Crippen molar-refractivity contribution in [1.82, 2.24) is 9.55 Å². The lowest BCUT2D eigenvalue weighted by Gasteiger charge is -2.08. The van der Waals surface area contributed by atoms with Gasteiger partial charge in [0.1, 0.15) is 5.75 Å².